The number of halogens is 3. The van der Waals surface area contributed by atoms with Gasteiger partial charge in [0.25, 0.3) is 0 Å². The summed E-state index contributed by atoms with van der Waals surface area (Å²) in [6.45, 7) is 2.02. The van der Waals surface area contributed by atoms with E-state index in [1.54, 1.807) is 12.3 Å². The number of aryl methyl sites for hydroxylation is 1. The normalized spacial score (nSPS) is 24.6. The molecule has 0 saturated carbocycles. The van der Waals surface area contributed by atoms with Crippen molar-refractivity contribution >= 4 is 40.9 Å². The summed E-state index contributed by atoms with van der Waals surface area (Å²) in [5.41, 5.74) is 7.24. The molecule has 3 aliphatic heterocycles. The molecule has 3 unspecified atom stereocenters. The molecule has 1 saturated heterocycles. The lowest BCUT2D eigenvalue weighted by Gasteiger charge is -2.53. The first-order valence-corrected chi connectivity index (χ1v) is 11.9. The molecule has 1 N–H and O–H groups in total. The Labute approximate surface area is 207 Å². The van der Waals surface area contributed by atoms with Crippen LogP contribution >= 0.6 is 23.2 Å². The number of piperidine rings is 1. The lowest BCUT2D eigenvalue weighted by atomic mass is 9.59. The molecule has 1 fully saturated rings. The summed E-state index contributed by atoms with van der Waals surface area (Å²) in [7, 11) is 0. The van der Waals surface area contributed by atoms with Gasteiger partial charge in [-0.15, -0.1) is 0 Å². The van der Waals surface area contributed by atoms with Crippen molar-refractivity contribution in [2.75, 3.05) is 0 Å². The third-order valence-electron chi connectivity index (χ3n) is 7.13. The first-order valence-electron chi connectivity index (χ1n) is 11.1. The molecule has 0 aromatic heterocycles. The highest BCUT2D eigenvalue weighted by Gasteiger charge is 2.57. The highest BCUT2D eigenvalue weighted by Crippen LogP contribution is 2.59. The van der Waals surface area contributed by atoms with Crippen LogP contribution < -0.4 is 5.43 Å². The predicted octanol–water partition coefficient (Wildman–Crippen LogP) is 7.01. The summed E-state index contributed by atoms with van der Waals surface area (Å²) >= 11 is 12.8. The molecular weight excluding hydrogens is 470 g/mol. The smallest absolute Gasteiger partial charge is 0.130 e. The van der Waals surface area contributed by atoms with Crippen molar-refractivity contribution in [2.45, 2.75) is 30.7 Å². The van der Waals surface area contributed by atoms with E-state index in [9.17, 15) is 4.39 Å². The average Bonchev–Trinajstić information content (AvgIpc) is 3.19. The van der Waals surface area contributed by atoms with E-state index in [1.165, 1.54) is 6.07 Å². The van der Waals surface area contributed by atoms with E-state index in [1.807, 2.05) is 55.7 Å². The van der Waals surface area contributed by atoms with Crippen LogP contribution in [-0.4, -0.2) is 17.0 Å². The van der Waals surface area contributed by atoms with E-state index in [2.05, 4.69) is 27.6 Å². The highest BCUT2D eigenvalue weighted by molar-refractivity contribution is 6.31. The number of benzene rings is 3. The van der Waals surface area contributed by atoms with Crippen molar-refractivity contribution < 1.29 is 4.39 Å². The zero-order chi connectivity index (χ0) is 23.4. The second-order valence-electron chi connectivity index (χ2n) is 8.95. The maximum absolute atomic E-state index is 14.7. The zero-order valence-corrected chi connectivity index (χ0v) is 19.9. The van der Waals surface area contributed by atoms with Gasteiger partial charge in [0.05, 0.1) is 17.1 Å². The first-order chi connectivity index (χ1) is 16.5. The maximum atomic E-state index is 14.7. The van der Waals surface area contributed by atoms with Gasteiger partial charge < -0.3 is 4.90 Å². The molecule has 170 valence electrons. The zero-order valence-electron chi connectivity index (χ0n) is 18.3. The van der Waals surface area contributed by atoms with Gasteiger partial charge >= 0.3 is 0 Å². The van der Waals surface area contributed by atoms with E-state index in [4.69, 9.17) is 28.2 Å². The van der Waals surface area contributed by atoms with Gasteiger partial charge in [-0.3, -0.25) is 10.4 Å². The van der Waals surface area contributed by atoms with E-state index in [0.29, 0.717) is 16.5 Å². The van der Waals surface area contributed by atoms with Crippen LogP contribution in [0, 0.1) is 12.7 Å². The molecular formula is C27H21Cl2FN4. The van der Waals surface area contributed by atoms with Gasteiger partial charge in [-0.25, -0.2) is 4.39 Å². The van der Waals surface area contributed by atoms with Gasteiger partial charge in [-0.1, -0.05) is 47.5 Å². The third-order valence-corrected chi connectivity index (χ3v) is 7.60. The largest absolute Gasteiger partial charge is 0.325 e. The van der Waals surface area contributed by atoms with E-state index in [0.717, 1.165) is 33.8 Å². The van der Waals surface area contributed by atoms with Gasteiger partial charge in [0.15, 0.2) is 0 Å². The summed E-state index contributed by atoms with van der Waals surface area (Å²) in [4.78, 5) is 7.01. The van der Waals surface area contributed by atoms with Crippen molar-refractivity contribution in [2.24, 2.45) is 10.1 Å². The number of hydrogen-bond donors (Lipinski definition) is 1. The molecule has 0 bridgehead atoms. The topological polar surface area (TPSA) is 40.0 Å². The molecule has 3 atom stereocenters. The Bertz CT molecular complexity index is 1400. The van der Waals surface area contributed by atoms with E-state index in [-0.39, 0.29) is 17.8 Å². The van der Waals surface area contributed by atoms with Gasteiger partial charge in [0.2, 0.25) is 0 Å². The van der Waals surface area contributed by atoms with Crippen LogP contribution in [0.1, 0.15) is 40.6 Å². The predicted molar refractivity (Wildman–Crippen MR) is 136 cm³/mol. The fourth-order valence-electron chi connectivity index (χ4n) is 5.68. The number of nitrogens with one attached hydrogen (secondary N) is 1. The number of aliphatic imine (C=N–C) groups is 1. The number of amidine groups is 1. The van der Waals surface area contributed by atoms with Crippen molar-refractivity contribution in [1.82, 2.24) is 10.3 Å². The summed E-state index contributed by atoms with van der Waals surface area (Å²) in [5.74, 6) is 0.556. The Morgan fingerprint density at radius 2 is 1.91 bits per heavy atom. The van der Waals surface area contributed by atoms with Crippen LogP contribution in [0.3, 0.4) is 0 Å². The number of nitrogens with zero attached hydrogens (tertiary/aromatic N) is 3. The molecule has 7 heteroatoms. The molecule has 34 heavy (non-hydrogen) atoms. The average molecular weight is 491 g/mol. The van der Waals surface area contributed by atoms with Crippen molar-refractivity contribution in [3.63, 3.8) is 0 Å². The lowest BCUT2D eigenvalue weighted by molar-refractivity contribution is 0.227. The maximum Gasteiger partial charge on any atom is 0.130 e. The molecule has 3 aromatic rings. The van der Waals surface area contributed by atoms with E-state index < -0.39 is 5.41 Å². The molecule has 3 aromatic carbocycles. The standard InChI is InChI=1S/C27H21Cl2FN4/c1-16-5-7-20(30)13-21(16)26-27(15-31-24-12-19(29)6-8-22(24)27)23(17-3-2-4-18(28)11-17)14-25-33-32-9-10-34(25)26/h2-13,15,23,26,32H,14H2,1H3. The Morgan fingerprint density at radius 3 is 2.76 bits per heavy atom. The minimum absolute atomic E-state index is 0.0478. The fourth-order valence-corrected chi connectivity index (χ4v) is 6.04. The molecule has 0 aliphatic carbocycles. The number of hydrazone groups is 1. The second kappa shape index (κ2) is 7.97. The van der Waals surface area contributed by atoms with Crippen LogP contribution in [0.25, 0.3) is 0 Å². The SMILES string of the molecule is Cc1ccc(F)cc1C1N2C=CNN=C2CC(c2cccc(Cl)c2)C12C=Nc1cc(Cl)ccc12. The van der Waals surface area contributed by atoms with Crippen LogP contribution in [0.2, 0.25) is 10.0 Å². The quantitative estimate of drug-likeness (QED) is 0.419. The lowest BCUT2D eigenvalue weighted by Crippen LogP contribution is -2.55. The van der Waals surface area contributed by atoms with Crippen LogP contribution in [-0.2, 0) is 5.41 Å². The second-order valence-corrected chi connectivity index (χ2v) is 9.82. The van der Waals surface area contributed by atoms with Crippen LogP contribution in [0.15, 0.2) is 83.2 Å². The highest BCUT2D eigenvalue weighted by atomic mass is 35.5. The molecule has 3 heterocycles. The van der Waals surface area contributed by atoms with Gasteiger partial charge in [-0.2, -0.15) is 5.10 Å². The van der Waals surface area contributed by atoms with Gasteiger partial charge in [-0.05, 0) is 65.6 Å². The molecule has 0 amide bonds. The Balaban J connectivity index is 1.68. The van der Waals surface area contributed by atoms with Crippen molar-refractivity contribution in [3.05, 3.63) is 111 Å². The van der Waals surface area contributed by atoms with Crippen molar-refractivity contribution in [3.8, 4) is 0 Å². The summed E-state index contributed by atoms with van der Waals surface area (Å²) in [6, 6.07) is 18.5. The fraction of sp³-hybridized carbons (Fsp3) is 0.185. The van der Waals surface area contributed by atoms with Crippen molar-refractivity contribution in [1.29, 1.82) is 0 Å². The molecule has 3 aliphatic rings. The summed E-state index contributed by atoms with van der Waals surface area (Å²) in [5, 5.41) is 5.92. The number of fused-ring (bicyclic) bond motifs is 3. The summed E-state index contributed by atoms with van der Waals surface area (Å²) < 4.78 is 14.7. The number of hydrogen-bond acceptors (Lipinski definition) is 4. The minimum Gasteiger partial charge on any atom is -0.325 e. The molecule has 4 nitrogen and oxygen atoms in total. The Hall–Kier alpha value is -3.15. The number of rotatable bonds is 2. The summed E-state index contributed by atoms with van der Waals surface area (Å²) in [6.07, 6.45) is 6.46. The Morgan fingerprint density at radius 1 is 1.06 bits per heavy atom. The first kappa shape index (κ1) is 21.4. The molecule has 0 radical (unpaired) electrons. The van der Waals surface area contributed by atoms with Crippen LogP contribution in [0.5, 0.6) is 0 Å². The van der Waals surface area contributed by atoms with Gasteiger partial charge in [0, 0.05) is 41.0 Å². The third kappa shape index (κ3) is 3.18. The van der Waals surface area contributed by atoms with Crippen LogP contribution in [0.4, 0.5) is 10.1 Å². The molecule has 6 rings (SSSR count). The Kier molecular flexibility index (Phi) is 5.01. The monoisotopic (exact) mass is 490 g/mol. The minimum atomic E-state index is -0.607. The van der Waals surface area contributed by atoms with E-state index >= 15 is 0 Å². The molecule has 1 spiro atoms. The van der Waals surface area contributed by atoms with Gasteiger partial charge in [0.1, 0.15) is 11.7 Å².